The van der Waals surface area contributed by atoms with Gasteiger partial charge in [-0.05, 0) is 37.0 Å². The maximum atomic E-state index is 13.4. The lowest BCUT2D eigenvalue weighted by molar-refractivity contribution is -0.129. The Labute approximate surface area is 201 Å². The second kappa shape index (κ2) is 13.5. The summed E-state index contributed by atoms with van der Waals surface area (Å²) in [5.41, 5.74) is 8.20. The van der Waals surface area contributed by atoms with E-state index in [4.69, 9.17) is 5.73 Å². The number of likely N-dealkylation sites (N-methyl/N-ethyl adjacent to an activating group) is 1. The molecule has 2 heterocycles. The van der Waals surface area contributed by atoms with Crippen molar-refractivity contribution in [3.8, 4) is 0 Å². The van der Waals surface area contributed by atoms with Gasteiger partial charge in [-0.15, -0.1) is 9.24 Å². The molecule has 0 saturated carbocycles. The first-order chi connectivity index (χ1) is 15.9. The van der Waals surface area contributed by atoms with Crippen LogP contribution in [0.3, 0.4) is 0 Å². The van der Waals surface area contributed by atoms with Crippen molar-refractivity contribution in [2.75, 3.05) is 46.3 Å². The highest BCUT2D eigenvalue weighted by molar-refractivity contribution is 7.22. The van der Waals surface area contributed by atoms with Crippen LogP contribution in [0.25, 0.3) is 0 Å². The number of piperazine rings is 1. The molecule has 8 heteroatoms. The molecule has 7 nitrogen and oxygen atoms in total. The summed E-state index contributed by atoms with van der Waals surface area (Å²) in [5, 5.41) is 11.7. The summed E-state index contributed by atoms with van der Waals surface area (Å²) in [6.07, 6.45) is 11.4. The number of aliphatic imine (C=N–C) groups is 1. The Morgan fingerprint density at radius 3 is 2.55 bits per heavy atom. The van der Waals surface area contributed by atoms with Crippen molar-refractivity contribution in [2.24, 2.45) is 10.7 Å². The third-order valence-corrected chi connectivity index (χ3v) is 6.18. The third-order valence-electron chi connectivity index (χ3n) is 5.75. The van der Waals surface area contributed by atoms with Crippen molar-refractivity contribution in [2.45, 2.75) is 40.0 Å². The first kappa shape index (κ1) is 27.0. The number of aliphatic hydroxyl groups excluding tert-OH is 1. The monoisotopic (exact) mass is 473 g/mol. The van der Waals surface area contributed by atoms with Gasteiger partial charge in [0.25, 0.3) is 5.91 Å². The van der Waals surface area contributed by atoms with Gasteiger partial charge in [0.05, 0.1) is 6.54 Å². The van der Waals surface area contributed by atoms with Crippen LogP contribution in [0.15, 0.2) is 63.4 Å². The van der Waals surface area contributed by atoms with Gasteiger partial charge in [-0.3, -0.25) is 9.79 Å². The Morgan fingerprint density at radius 1 is 1.21 bits per heavy atom. The van der Waals surface area contributed by atoms with E-state index in [-0.39, 0.29) is 5.91 Å². The van der Waals surface area contributed by atoms with Crippen molar-refractivity contribution in [1.29, 1.82) is 0 Å². The zero-order valence-corrected chi connectivity index (χ0v) is 21.7. The molecule has 2 aliphatic heterocycles. The van der Waals surface area contributed by atoms with Crippen LogP contribution in [0.2, 0.25) is 0 Å². The van der Waals surface area contributed by atoms with Crippen LogP contribution < -0.4 is 5.73 Å². The van der Waals surface area contributed by atoms with E-state index in [0.717, 1.165) is 48.5 Å². The number of hydrogen-bond acceptors (Lipinski definition) is 6. The molecule has 33 heavy (non-hydrogen) atoms. The summed E-state index contributed by atoms with van der Waals surface area (Å²) in [4.78, 5) is 24.1. The maximum absolute atomic E-state index is 13.4. The Balaban J connectivity index is 0.00000187. The third kappa shape index (κ3) is 7.13. The highest BCUT2D eigenvalue weighted by Crippen LogP contribution is 2.28. The van der Waals surface area contributed by atoms with Gasteiger partial charge in [0.15, 0.2) is 0 Å². The van der Waals surface area contributed by atoms with Crippen molar-refractivity contribution in [3.05, 3.63) is 58.4 Å². The largest absolute Gasteiger partial charge is 0.511 e. The van der Waals surface area contributed by atoms with Gasteiger partial charge < -0.3 is 25.5 Å². The summed E-state index contributed by atoms with van der Waals surface area (Å²) in [7, 11) is 4.74. The van der Waals surface area contributed by atoms with Crippen LogP contribution in [-0.4, -0.2) is 77.9 Å². The number of nitrogens with two attached hydrogens (primary N) is 1. The zero-order chi connectivity index (χ0) is 24.4. The number of amidine groups is 1. The molecule has 1 saturated heterocycles. The molecule has 1 atom stereocenters. The molecule has 182 valence electrons. The van der Waals surface area contributed by atoms with E-state index < -0.39 is 0 Å². The fourth-order valence-electron chi connectivity index (χ4n) is 3.88. The second-order valence-corrected chi connectivity index (χ2v) is 8.63. The summed E-state index contributed by atoms with van der Waals surface area (Å²) in [6, 6.07) is 0. The normalized spacial score (nSPS) is 19.9. The first-order valence-corrected chi connectivity index (χ1v) is 12.5. The van der Waals surface area contributed by atoms with Gasteiger partial charge >= 0.3 is 0 Å². The van der Waals surface area contributed by atoms with E-state index >= 15 is 0 Å². The van der Waals surface area contributed by atoms with E-state index in [9.17, 15) is 9.90 Å². The molecule has 1 fully saturated rings. The van der Waals surface area contributed by atoms with E-state index in [1.807, 2.05) is 61.1 Å². The molecule has 1 amide bonds. The summed E-state index contributed by atoms with van der Waals surface area (Å²) in [6.45, 7) is 10.2. The molecule has 0 aromatic carbocycles. The molecule has 0 radical (unpaired) electrons. The number of carbonyl (C=O) groups is 1. The molecule has 3 aliphatic rings. The van der Waals surface area contributed by atoms with E-state index in [1.165, 1.54) is 0 Å². The van der Waals surface area contributed by atoms with Crippen LogP contribution in [0.4, 0.5) is 0 Å². The van der Waals surface area contributed by atoms with E-state index in [1.54, 1.807) is 0 Å². The Morgan fingerprint density at radius 2 is 1.91 bits per heavy atom. The number of amides is 1. The molecule has 0 spiro atoms. The fourth-order valence-corrected chi connectivity index (χ4v) is 4.09. The number of nitrogens with zero attached hydrogens (tertiary/aromatic N) is 4. The van der Waals surface area contributed by atoms with Gasteiger partial charge in [0.1, 0.15) is 17.3 Å². The number of aliphatic hydroxyl groups is 1. The van der Waals surface area contributed by atoms with Gasteiger partial charge in [0.2, 0.25) is 0 Å². The molecule has 0 bridgehead atoms. The first-order valence-electron chi connectivity index (χ1n) is 11.9. The lowest BCUT2D eigenvalue weighted by Gasteiger charge is -2.36. The van der Waals surface area contributed by atoms with Crippen molar-refractivity contribution in [1.82, 2.24) is 14.7 Å². The van der Waals surface area contributed by atoms with Gasteiger partial charge in [-0.2, -0.15) is 0 Å². The summed E-state index contributed by atoms with van der Waals surface area (Å²) in [5.74, 6) is 1.18. The molecule has 3 rings (SSSR count). The Kier molecular flexibility index (Phi) is 11.0. The minimum atomic E-state index is 0.0285. The van der Waals surface area contributed by atoms with Gasteiger partial charge in [-0.1, -0.05) is 39.0 Å². The smallest absolute Gasteiger partial charge is 0.270 e. The van der Waals surface area contributed by atoms with Crippen LogP contribution in [0, 0.1) is 0 Å². The van der Waals surface area contributed by atoms with Crippen LogP contribution >= 0.6 is 9.24 Å². The molecule has 0 aromatic rings. The lowest BCUT2D eigenvalue weighted by atomic mass is 10.0. The van der Waals surface area contributed by atoms with Crippen molar-refractivity contribution < 1.29 is 9.90 Å². The minimum absolute atomic E-state index is 0.0285. The fraction of sp³-hybridized carbons (Fsp3) is 0.520. The highest BCUT2D eigenvalue weighted by Gasteiger charge is 2.28. The predicted molar refractivity (Wildman–Crippen MR) is 141 cm³/mol. The number of allylic oxidation sites excluding steroid dienone is 5. The van der Waals surface area contributed by atoms with Crippen LogP contribution in [-0.2, 0) is 4.79 Å². The average molecular weight is 474 g/mol. The topological polar surface area (TPSA) is 85.4 Å². The predicted octanol–water partition coefficient (Wildman–Crippen LogP) is 3.56. The maximum Gasteiger partial charge on any atom is 0.270 e. The average Bonchev–Trinajstić information content (AvgIpc) is 3.00. The standard InChI is InChI=1S/C23H34N5O2P.C2H6/c1-3-22-25-11-9-20(23(30)27-14-12-26(2)13-15-27)28(22)16-17(8-10-24)19-6-4-18(31)5-7-21(19)29;1-2/h4-6,9,16,29H,3,7-8,10-15,24,31H2,1-2H3;1-2H3/b17-16+;. The van der Waals surface area contributed by atoms with Crippen molar-refractivity contribution >= 4 is 21.0 Å². The zero-order valence-electron chi connectivity index (χ0n) is 20.5. The highest BCUT2D eigenvalue weighted by atomic mass is 31.0. The van der Waals surface area contributed by atoms with Gasteiger partial charge in [0, 0.05) is 50.8 Å². The van der Waals surface area contributed by atoms with Gasteiger partial charge in [-0.25, -0.2) is 0 Å². The molecular weight excluding hydrogens is 433 g/mol. The second-order valence-electron chi connectivity index (χ2n) is 7.96. The number of rotatable bonds is 6. The lowest BCUT2D eigenvalue weighted by Crippen LogP contribution is -2.49. The quantitative estimate of drug-likeness (QED) is 0.576. The minimum Gasteiger partial charge on any atom is -0.511 e. The molecule has 1 aliphatic carbocycles. The Hall–Kier alpha value is -2.21. The van der Waals surface area contributed by atoms with Crippen LogP contribution in [0.5, 0.6) is 0 Å². The SMILES string of the molecule is CC.CCC1=NCC=C(C(=O)N2CCN(C)CC2)N1/C=C(\CCN)C1=C(O)CC=C(P)C=C1. The molecule has 3 N–H and O–H groups in total. The summed E-state index contributed by atoms with van der Waals surface area (Å²) < 4.78 is 0. The van der Waals surface area contributed by atoms with E-state index in [0.29, 0.717) is 43.8 Å². The molecular formula is C25H40N5O2P. The molecule has 1 unspecified atom stereocenters. The molecule has 0 aromatic heterocycles. The Bertz CT molecular complexity index is 877. The van der Waals surface area contributed by atoms with Crippen molar-refractivity contribution in [3.63, 3.8) is 0 Å². The number of carbonyl (C=O) groups excluding carboxylic acids is 1. The summed E-state index contributed by atoms with van der Waals surface area (Å²) >= 11 is 0. The number of hydrogen-bond donors (Lipinski definition) is 2. The van der Waals surface area contributed by atoms with Crippen LogP contribution in [0.1, 0.15) is 40.0 Å². The van der Waals surface area contributed by atoms with E-state index in [2.05, 4.69) is 26.2 Å².